The van der Waals surface area contributed by atoms with E-state index in [-0.39, 0.29) is 0 Å². The van der Waals surface area contributed by atoms with Crippen molar-refractivity contribution in [3.05, 3.63) is 53.7 Å². The van der Waals surface area contributed by atoms with Crippen molar-refractivity contribution in [1.82, 2.24) is 10.3 Å². The first-order chi connectivity index (χ1) is 10.3. The van der Waals surface area contributed by atoms with Gasteiger partial charge in [-0.25, -0.2) is 4.98 Å². The summed E-state index contributed by atoms with van der Waals surface area (Å²) in [5.41, 5.74) is 2.33. The number of ether oxygens (including phenoxy) is 2. The largest absolute Gasteiger partial charge is 0.439 e. The maximum Gasteiger partial charge on any atom is 0.223 e. The monoisotopic (exact) mass is 286 g/mol. The number of nitrogens with zero attached hydrogens (tertiary/aromatic N) is 1. The normalized spacial score (nSPS) is 10.6. The predicted molar refractivity (Wildman–Crippen MR) is 83.7 cm³/mol. The molecule has 0 atom stereocenters. The molecule has 112 valence electrons. The molecule has 0 spiro atoms. The molecule has 1 aromatic heterocycles. The second kappa shape index (κ2) is 8.39. The first kappa shape index (κ1) is 15.5. The second-order valence-electron chi connectivity index (χ2n) is 4.74. The number of methoxy groups -OCH3 is 1. The molecular weight excluding hydrogens is 264 g/mol. The minimum absolute atomic E-state index is 0.645. The second-order valence-corrected chi connectivity index (χ2v) is 4.74. The van der Waals surface area contributed by atoms with E-state index in [1.807, 2.05) is 24.3 Å². The Morgan fingerprint density at radius 2 is 1.95 bits per heavy atom. The van der Waals surface area contributed by atoms with Gasteiger partial charge in [-0.05, 0) is 30.2 Å². The fourth-order valence-electron chi connectivity index (χ4n) is 1.95. The molecule has 0 unspecified atom stereocenters. The van der Waals surface area contributed by atoms with Crippen LogP contribution in [0.3, 0.4) is 0 Å². The smallest absolute Gasteiger partial charge is 0.223 e. The Labute approximate surface area is 126 Å². The quantitative estimate of drug-likeness (QED) is 0.757. The highest BCUT2D eigenvalue weighted by molar-refractivity contribution is 5.33. The summed E-state index contributed by atoms with van der Waals surface area (Å²) in [4.78, 5) is 4.32. The molecule has 4 heteroatoms. The summed E-state index contributed by atoms with van der Waals surface area (Å²) in [7, 11) is 1.69. The first-order valence-electron chi connectivity index (χ1n) is 7.24. The summed E-state index contributed by atoms with van der Waals surface area (Å²) in [5.74, 6) is 1.45. The van der Waals surface area contributed by atoms with Crippen molar-refractivity contribution in [1.29, 1.82) is 0 Å². The van der Waals surface area contributed by atoms with Gasteiger partial charge in [-0.15, -0.1) is 0 Å². The lowest BCUT2D eigenvalue weighted by Gasteiger charge is -2.11. The van der Waals surface area contributed by atoms with E-state index in [4.69, 9.17) is 9.47 Å². The molecule has 0 amide bonds. The Kier molecular flexibility index (Phi) is 6.19. The minimum atomic E-state index is 0.645. The van der Waals surface area contributed by atoms with Gasteiger partial charge in [0.05, 0.1) is 6.61 Å². The molecule has 0 aliphatic heterocycles. The maximum absolute atomic E-state index is 5.88. The summed E-state index contributed by atoms with van der Waals surface area (Å²) in [6, 6.07) is 12.1. The highest BCUT2D eigenvalue weighted by Crippen LogP contribution is 2.23. The zero-order valence-electron chi connectivity index (χ0n) is 12.6. The Balaban J connectivity index is 2.01. The molecule has 2 rings (SSSR count). The number of hydrogen-bond acceptors (Lipinski definition) is 4. The maximum atomic E-state index is 5.88. The van der Waals surface area contributed by atoms with Gasteiger partial charge in [-0.1, -0.05) is 25.1 Å². The lowest BCUT2D eigenvalue weighted by molar-refractivity contribution is 0.199. The van der Waals surface area contributed by atoms with Gasteiger partial charge in [0.2, 0.25) is 5.88 Å². The molecule has 1 aromatic carbocycles. The lowest BCUT2D eigenvalue weighted by Crippen LogP contribution is -2.19. The van der Waals surface area contributed by atoms with Crippen LogP contribution in [0.5, 0.6) is 11.6 Å². The van der Waals surface area contributed by atoms with Gasteiger partial charge >= 0.3 is 0 Å². The molecule has 0 aliphatic rings. The molecule has 0 radical (unpaired) electrons. The SMILES string of the molecule is CCc1ccc(Oc2ncccc2CNCCOC)cc1. The number of pyridine rings is 1. The van der Waals surface area contributed by atoms with E-state index in [0.717, 1.165) is 24.3 Å². The number of nitrogens with one attached hydrogen (secondary N) is 1. The van der Waals surface area contributed by atoms with Crippen molar-refractivity contribution in [2.75, 3.05) is 20.3 Å². The van der Waals surface area contributed by atoms with E-state index >= 15 is 0 Å². The molecular formula is C17H22N2O2. The lowest BCUT2D eigenvalue weighted by atomic mass is 10.2. The Morgan fingerprint density at radius 1 is 1.14 bits per heavy atom. The minimum Gasteiger partial charge on any atom is -0.439 e. The van der Waals surface area contributed by atoms with E-state index in [9.17, 15) is 0 Å². The molecule has 0 fully saturated rings. The highest BCUT2D eigenvalue weighted by atomic mass is 16.5. The molecule has 21 heavy (non-hydrogen) atoms. The third-order valence-electron chi connectivity index (χ3n) is 3.19. The summed E-state index contributed by atoms with van der Waals surface area (Å²) < 4.78 is 10.9. The van der Waals surface area contributed by atoms with Crippen molar-refractivity contribution in [2.24, 2.45) is 0 Å². The fourth-order valence-corrected chi connectivity index (χ4v) is 1.95. The average Bonchev–Trinajstić information content (AvgIpc) is 2.54. The van der Waals surface area contributed by atoms with Gasteiger partial charge in [-0.2, -0.15) is 0 Å². The molecule has 0 aliphatic carbocycles. The van der Waals surface area contributed by atoms with E-state index in [1.54, 1.807) is 13.3 Å². The predicted octanol–water partition coefficient (Wildman–Crippen LogP) is 3.17. The molecule has 2 aromatic rings. The van der Waals surface area contributed by atoms with Crippen LogP contribution in [0.15, 0.2) is 42.6 Å². The number of aromatic nitrogens is 1. The molecule has 4 nitrogen and oxygen atoms in total. The van der Waals surface area contributed by atoms with Crippen LogP contribution in [0.2, 0.25) is 0 Å². The van der Waals surface area contributed by atoms with E-state index in [0.29, 0.717) is 19.0 Å². The zero-order chi connectivity index (χ0) is 14.9. The van der Waals surface area contributed by atoms with Crippen LogP contribution in [0.1, 0.15) is 18.1 Å². The topological polar surface area (TPSA) is 43.4 Å². The Bertz CT molecular complexity index is 541. The molecule has 1 N–H and O–H groups in total. The average molecular weight is 286 g/mol. The van der Waals surface area contributed by atoms with Crippen LogP contribution < -0.4 is 10.1 Å². The van der Waals surface area contributed by atoms with Crippen molar-refractivity contribution in [3.8, 4) is 11.6 Å². The van der Waals surface area contributed by atoms with Crippen LogP contribution >= 0.6 is 0 Å². The van der Waals surface area contributed by atoms with Crippen LogP contribution in [0.25, 0.3) is 0 Å². The van der Waals surface area contributed by atoms with Crippen molar-refractivity contribution in [3.63, 3.8) is 0 Å². The molecule has 0 bridgehead atoms. The molecule has 0 saturated heterocycles. The van der Waals surface area contributed by atoms with E-state index in [1.165, 1.54) is 5.56 Å². The summed E-state index contributed by atoms with van der Waals surface area (Å²) in [5, 5.41) is 3.30. The van der Waals surface area contributed by atoms with Gasteiger partial charge in [0.1, 0.15) is 5.75 Å². The number of aryl methyl sites for hydroxylation is 1. The van der Waals surface area contributed by atoms with Crippen molar-refractivity contribution < 1.29 is 9.47 Å². The van der Waals surface area contributed by atoms with Crippen LogP contribution in [-0.4, -0.2) is 25.2 Å². The summed E-state index contributed by atoms with van der Waals surface area (Å²) >= 11 is 0. The molecule has 1 heterocycles. The van der Waals surface area contributed by atoms with Crippen LogP contribution in [0, 0.1) is 0 Å². The van der Waals surface area contributed by atoms with Gasteiger partial charge in [0, 0.05) is 32.0 Å². The zero-order valence-corrected chi connectivity index (χ0v) is 12.6. The number of hydrogen-bond donors (Lipinski definition) is 1. The van der Waals surface area contributed by atoms with Gasteiger partial charge in [-0.3, -0.25) is 0 Å². The highest BCUT2D eigenvalue weighted by Gasteiger charge is 2.05. The third-order valence-corrected chi connectivity index (χ3v) is 3.19. The van der Waals surface area contributed by atoms with Gasteiger partial charge < -0.3 is 14.8 Å². The van der Waals surface area contributed by atoms with Gasteiger partial charge in [0.25, 0.3) is 0 Å². The number of rotatable bonds is 8. The fraction of sp³-hybridized carbons (Fsp3) is 0.353. The van der Waals surface area contributed by atoms with Crippen LogP contribution in [-0.2, 0) is 17.7 Å². The Morgan fingerprint density at radius 3 is 2.67 bits per heavy atom. The van der Waals surface area contributed by atoms with Gasteiger partial charge in [0.15, 0.2) is 0 Å². The molecule has 0 saturated carbocycles. The van der Waals surface area contributed by atoms with E-state index in [2.05, 4.69) is 29.4 Å². The number of benzene rings is 1. The van der Waals surface area contributed by atoms with Crippen molar-refractivity contribution >= 4 is 0 Å². The standard InChI is InChI=1S/C17H22N2O2/c1-3-14-6-8-16(9-7-14)21-17-15(5-4-10-19-17)13-18-11-12-20-2/h4-10,18H,3,11-13H2,1-2H3. The first-order valence-corrected chi connectivity index (χ1v) is 7.24. The summed E-state index contributed by atoms with van der Waals surface area (Å²) in [6.45, 7) is 4.34. The Hall–Kier alpha value is -1.91. The van der Waals surface area contributed by atoms with E-state index < -0.39 is 0 Å². The third kappa shape index (κ3) is 4.85. The van der Waals surface area contributed by atoms with Crippen LogP contribution in [0.4, 0.5) is 0 Å². The van der Waals surface area contributed by atoms with Crippen molar-refractivity contribution in [2.45, 2.75) is 19.9 Å². The summed E-state index contributed by atoms with van der Waals surface area (Å²) in [6.07, 6.45) is 2.77.